The Bertz CT molecular complexity index is 491. The Morgan fingerprint density at radius 1 is 1.40 bits per heavy atom. The molecule has 0 aromatic carbocycles. The molecule has 0 radical (unpaired) electrons. The molecular weight excluding hydrogens is 273 g/mol. The van der Waals surface area contributed by atoms with Gasteiger partial charge in [0.05, 0.1) is 5.92 Å². The first kappa shape index (κ1) is 14.6. The van der Waals surface area contributed by atoms with E-state index >= 15 is 0 Å². The normalized spacial score (nSPS) is 22.8. The van der Waals surface area contributed by atoms with Crippen molar-refractivity contribution in [2.75, 3.05) is 11.9 Å². The number of carboxylic acid groups (broad SMARTS) is 1. The van der Waals surface area contributed by atoms with E-state index in [1.807, 2.05) is 0 Å². The van der Waals surface area contributed by atoms with E-state index in [9.17, 15) is 18.0 Å². The molecule has 110 valence electrons. The number of hydrogen-bond donors (Lipinski definition) is 2. The number of nitrogens with zero attached hydrogens (tertiary/aromatic N) is 1. The van der Waals surface area contributed by atoms with Gasteiger partial charge >= 0.3 is 12.1 Å². The SMILES string of the molecule is O=C(O)C1CCCC1CNc1cccc(C(F)(F)F)n1. The number of nitrogens with one attached hydrogen (secondary N) is 1. The highest BCUT2D eigenvalue weighted by Crippen LogP contribution is 2.32. The summed E-state index contributed by atoms with van der Waals surface area (Å²) in [5.41, 5.74) is -0.955. The zero-order chi connectivity index (χ0) is 14.8. The van der Waals surface area contributed by atoms with Gasteiger partial charge in [-0.3, -0.25) is 4.79 Å². The van der Waals surface area contributed by atoms with Crippen LogP contribution in [0, 0.1) is 11.8 Å². The molecule has 1 saturated carbocycles. The summed E-state index contributed by atoms with van der Waals surface area (Å²) < 4.78 is 37.5. The van der Waals surface area contributed by atoms with Gasteiger partial charge in [-0.05, 0) is 30.9 Å². The summed E-state index contributed by atoms with van der Waals surface area (Å²) in [6.07, 6.45) is -2.26. The lowest BCUT2D eigenvalue weighted by Crippen LogP contribution is -2.25. The minimum Gasteiger partial charge on any atom is -0.481 e. The van der Waals surface area contributed by atoms with Gasteiger partial charge in [0, 0.05) is 6.54 Å². The molecule has 2 rings (SSSR count). The van der Waals surface area contributed by atoms with Gasteiger partial charge in [0.1, 0.15) is 11.5 Å². The summed E-state index contributed by atoms with van der Waals surface area (Å²) in [4.78, 5) is 14.5. The molecular formula is C13H15F3N2O2. The van der Waals surface area contributed by atoms with Crippen molar-refractivity contribution in [2.45, 2.75) is 25.4 Å². The van der Waals surface area contributed by atoms with Crippen molar-refractivity contribution >= 4 is 11.8 Å². The maximum Gasteiger partial charge on any atom is 0.433 e. The van der Waals surface area contributed by atoms with Crippen molar-refractivity contribution in [3.63, 3.8) is 0 Å². The molecule has 1 aliphatic rings. The molecule has 1 aromatic rings. The van der Waals surface area contributed by atoms with Crippen LogP contribution in [0.3, 0.4) is 0 Å². The van der Waals surface area contributed by atoms with Gasteiger partial charge in [-0.25, -0.2) is 4.98 Å². The molecule has 2 atom stereocenters. The van der Waals surface area contributed by atoms with Crippen LogP contribution in [0.1, 0.15) is 25.0 Å². The third-order valence-corrected chi connectivity index (χ3v) is 3.56. The molecule has 1 fully saturated rings. The Morgan fingerprint density at radius 2 is 2.15 bits per heavy atom. The van der Waals surface area contributed by atoms with Gasteiger partial charge in [0.2, 0.25) is 0 Å². The largest absolute Gasteiger partial charge is 0.481 e. The van der Waals surface area contributed by atoms with E-state index in [-0.39, 0.29) is 11.7 Å². The predicted molar refractivity (Wildman–Crippen MR) is 66.2 cm³/mol. The number of hydrogen-bond acceptors (Lipinski definition) is 3. The monoisotopic (exact) mass is 288 g/mol. The number of halogens is 3. The second-order valence-corrected chi connectivity index (χ2v) is 4.92. The molecule has 20 heavy (non-hydrogen) atoms. The molecule has 2 unspecified atom stereocenters. The van der Waals surface area contributed by atoms with Gasteiger partial charge in [-0.2, -0.15) is 13.2 Å². The third kappa shape index (κ3) is 3.40. The highest BCUT2D eigenvalue weighted by atomic mass is 19.4. The number of anilines is 1. The van der Waals surface area contributed by atoms with Crippen molar-refractivity contribution in [2.24, 2.45) is 11.8 Å². The first-order valence-corrected chi connectivity index (χ1v) is 6.39. The number of aromatic nitrogens is 1. The van der Waals surface area contributed by atoms with Crippen molar-refractivity contribution < 1.29 is 23.1 Å². The lowest BCUT2D eigenvalue weighted by molar-refractivity contribution is -0.143. The summed E-state index contributed by atoms with van der Waals surface area (Å²) >= 11 is 0. The van der Waals surface area contributed by atoms with E-state index in [2.05, 4.69) is 10.3 Å². The average Bonchev–Trinajstić information content (AvgIpc) is 2.84. The molecule has 4 nitrogen and oxygen atoms in total. The van der Waals surface area contributed by atoms with Crippen LogP contribution in [0.5, 0.6) is 0 Å². The lowest BCUT2D eigenvalue weighted by atomic mass is 9.96. The van der Waals surface area contributed by atoms with Gasteiger partial charge in [0.15, 0.2) is 0 Å². The Balaban J connectivity index is 1.99. The van der Waals surface area contributed by atoms with Crippen LogP contribution < -0.4 is 5.32 Å². The summed E-state index contributed by atoms with van der Waals surface area (Å²) in [5, 5.41) is 11.8. The molecule has 0 amide bonds. The Morgan fingerprint density at radius 3 is 2.80 bits per heavy atom. The Labute approximate surface area is 114 Å². The second-order valence-electron chi connectivity index (χ2n) is 4.92. The van der Waals surface area contributed by atoms with Crippen molar-refractivity contribution in [1.82, 2.24) is 4.98 Å². The number of rotatable bonds is 4. The van der Waals surface area contributed by atoms with E-state index in [1.54, 1.807) is 0 Å². The van der Waals surface area contributed by atoms with E-state index in [0.717, 1.165) is 18.9 Å². The molecule has 0 bridgehead atoms. The summed E-state index contributed by atoms with van der Waals surface area (Å²) in [6.45, 7) is 0.325. The average molecular weight is 288 g/mol. The Kier molecular flexibility index (Phi) is 4.15. The molecule has 1 aliphatic carbocycles. The Hall–Kier alpha value is -1.79. The van der Waals surface area contributed by atoms with E-state index in [0.29, 0.717) is 13.0 Å². The van der Waals surface area contributed by atoms with Crippen LogP contribution in [0.4, 0.5) is 19.0 Å². The first-order chi connectivity index (χ1) is 9.38. The van der Waals surface area contributed by atoms with Crippen molar-refractivity contribution in [3.05, 3.63) is 23.9 Å². The predicted octanol–water partition coefficient (Wildman–Crippen LogP) is 3.01. The number of aliphatic carboxylic acids is 1. The van der Waals surface area contributed by atoms with Crippen LogP contribution in [0.15, 0.2) is 18.2 Å². The van der Waals surface area contributed by atoms with Gasteiger partial charge in [-0.1, -0.05) is 12.5 Å². The number of alkyl halides is 3. The molecule has 2 N–H and O–H groups in total. The molecule has 0 spiro atoms. The van der Waals surface area contributed by atoms with Crippen LogP contribution >= 0.6 is 0 Å². The highest BCUT2D eigenvalue weighted by molar-refractivity contribution is 5.70. The van der Waals surface area contributed by atoms with Crippen molar-refractivity contribution in [3.8, 4) is 0 Å². The fourth-order valence-corrected chi connectivity index (χ4v) is 2.53. The fourth-order valence-electron chi connectivity index (χ4n) is 2.53. The maximum absolute atomic E-state index is 12.5. The molecule has 0 saturated heterocycles. The van der Waals surface area contributed by atoms with E-state index in [4.69, 9.17) is 5.11 Å². The molecule has 1 heterocycles. The zero-order valence-electron chi connectivity index (χ0n) is 10.7. The summed E-state index contributed by atoms with van der Waals surface area (Å²) in [7, 11) is 0. The van der Waals surface area contributed by atoms with Crippen LogP contribution in [-0.2, 0) is 11.0 Å². The summed E-state index contributed by atoms with van der Waals surface area (Å²) in [5.74, 6) is -1.21. The third-order valence-electron chi connectivity index (χ3n) is 3.56. The minimum atomic E-state index is -4.48. The molecule has 7 heteroatoms. The smallest absolute Gasteiger partial charge is 0.433 e. The molecule has 0 aliphatic heterocycles. The maximum atomic E-state index is 12.5. The van der Waals surface area contributed by atoms with Crippen LogP contribution in [-0.4, -0.2) is 22.6 Å². The zero-order valence-corrected chi connectivity index (χ0v) is 10.7. The van der Waals surface area contributed by atoms with Gasteiger partial charge in [0.25, 0.3) is 0 Å². The number of carboxylic acids is 1. The van der Waals surface area contributed by atoms with Crippen LogP contribution in [0.25, 0.3) is 0 Å². The quantitative estimate of drug-likeness (QED) is 0.894. The van der Waals surface area contributed by atoms with E-state index in [1.165, 1.54) is 12.1 Å². The molecule has 1 aromatic heterocycles. The number of pyridine rings is 1. The second kappa shape index (κ2) is 5.68. The summed E-state index contributed by atoms with van der Waals surface area (Å²) in [6, 6.07) is 3.63. The van der Waals surface area contributed by atoms with Crippen LogP contribution in [0.2, 0.25) is 0 Å². The minimum absolute atomic E-state index is 0.0659. The number of carbonyl (C=O) groups is 1. The van der Waals surface area contributed by atoms with Gasteiger partial charge < -0.3 is 10.4 Å². The van der Waals surface area contributed by atoms with E-state index < -0.39 is 23.8 Å². The first-order valence-electron chi connectivity index (χ1n) is 6.39. The van der Waals surface area contributed by atoms with Crippen molar-refractivity contribution in [1.29, 1.82) is 0 Å². The fraction of sp³-hybridized carbons (Fsp3) is 0.538. The lowest BCUT2D eigenvalue weighted by Gasteiger charge is -2.17. The van der Waals surface area contributed by atoms with Gasteiger partial charge in [-0.15, -0.1) is 0 Å². The standard InChI is InChI=1S/C13H15F3N2O2/c14-13(15,16)10-5-2-6-11(18-10)17-7-8-3-1-4-9(8)12(19)20/h2,5-6,8-9H,1,3-4,7H2,(H,17,18)(H,19,20). The highest BCUT2D eigenvalue weighted by Gasteiger charge is 2.34. The topological polar surface area (TPSA) is 62.2 Å².